The van der Waals surface area contributed by atoms with E-state index in [1.54, 1.807) is 42.5 Å². The summed E-state index contributed by atoms with van der Waals surface area (Å²) < 4.78 is 10.4. The molecule has 0 unspecified atom stereocenters. The zero-order chi connectivity index (χ0) is 20.1. The van der Waals surface area contributed by atoms with Gasteiger partial charge in [0.2, 0.25) is 0 Å². The molecule has 28 heavy (non-hydrogen) atoms. The highest BCUT2D eigenvalue weighted by atomic mass is 35.5. The van der Waals surface area contributed by atoms with Crippen molar-refractivity contribution < 1.29 is 19.1 Å². The molecule has 6 nitrogen and oxygen atoms in total. The second-order valence-corrected chi connectivity index (χ2v) is 7.00. The van der Waals surface area contributed by atoms with E-state index in [1.807, 2.05) is 11.4 Å². The fourth-order valence-corrected chi connectivity index (χ4v) is 3.27. The molecule has 8 heteroatoms. The highest BCUT2D eigenvalue weighted by Crippen LogP contribution is 2.36. The predicted molar refractivity (Wildman–Crippen MR) is 111 cm³/mol. The summed E-state index contributed by atoms with van der Waals surface area (Å²) in [6.45, 7) is 0. The number of amides is 2. The molecular formula is C20H17ClN2O4S. The molecule has 0 aliphatic rings. The van der Waals surface area contributed by atoms with Crippen molar-refractivity contribution in [3.8, 4) is 11.5 Å². The van der Waals surface area contributed by atoms with Gasteiger partial charge in [0.1, 0.15) is 0 Å². The topological polar surface area (TPSA) is 76.7 Å². The lowest BCUT2D eigenvalue weighted by molar-refractivity contribution is 0.102. The Hall–Kier alpha value is -3.03. The van der Waals surface area contributed by atoms with Crippen LogP contribution in [0.1, 0.15) is 20.0 Å². The molecule has 2 aromatic carbocycles. The normalized spacial score (nSPS) is 10.2. The van der Waals surface area contributed by atoms with Crippen LogP contribution in [0.2, 0.25) is 5.02 Å². The van der Waals surface area contributed by atoms with Crippen LogP contribution >= 0.6 is 22.9 Å². The fourth-order valence-electron chi connectivity index (χ4n) is 2.45. The van der Waals surface area contributed by atoms with E-state index in [0.717, 1.165) is 0 Å². The van der Waals surface area contributed by atoms with Crippen LogP contribution in [-0.2, 0) is 0 Å². The van der Waals surface area contributed by atoms with E-state index in [2.05, 4.69) is 10.6 Å². The zero-order valence-electron chi connectivity index (χ0n) is 15.1. The monoisotopic (exact) mass is 416 g/mol. The molecule has 0 fully saturated rings. The summed E-state index contributed by atoms with van der Waals surface area (Å²) in [5.74, 6) is 0.389. The van der Waals surface area contributed by atoms with E-state index in [1.165, 1.54) is 25.6 Å². The number of methoxy groups -OCH3 is 2. The minimum Gasteiger partial charge on any atom is -0.493 e. The van der Waals surface area contributed by atoms with Crippen LogP contribution in [-0.4, -0.2) is 26.0 Å². The largest absolute Gasteiger partial charge is 0.493 e. The number of nitrogens with one attached hydrogen (secondary N) is 2. The van der Waals surface area contributed by atoms with Gasteiger partial charge in [-0.15, -0.1) is 11.3 Å². The number of carbonyl (C=O) groups excluding carboxylic acids is 2. The summed E-state index contributed by atoms with van der Waals surface area (Å²) in [5.41, 5.74) is 1.42. The van der Waals surface area contributed by atoms with Gasteiger partial charge in [-0.25, -0.2) is 0 Å². The van der Waals surface area contributed by atoms with Gasteiger partial charge >= 0.3 is 0 Å². The number of benzene rings is 2. The van der Waals surface area contributed by atoms with Crippen LogP contribution in [0.5, 0.6) is 11.5 Å². The van der Waals surface area contributed by atoms with Crippen molar-refractivity contribution in [2.24, 2.45) is 0 Å². The third-order valence-corrected chi connectivity index (χ3v) is 5.05. The highest BCUT2D eigenvalue weighted by molar-refractivity contribution is 7.12. The molecule has 0 atom stereocenters. The van der Waals surface area contributed by atoms with Crippen LogP contribution in [0, 0.1) is 0 Å². The van der Waals surface area contributed by atoms with Crippen molar-refractivity contribution in [2.45, 2.75) is 0 Å². The first-order chi connectivity index (χ1) is 13.5. The number of thiophene rings is 1. The Morgan fingerprint density at radius 3 is 2.21 bits per heavy atom. The molecule has 0 bridgehead atoms. The van der Waals surface area contributed by atoms with E-state index in [9.17, 15) is 9.59 Å². The highest BCUT2D eigenvalue weighted by Gasteiger charge is 2.14. The van der Waals surface area contributed by atoms with Crippen molar-refractivity contribution in [2.75, 3.05) is 24.9 Å². The first-order valence-electron chi connectivity index (χ1n) is 8.19. The van der Waals surface area contributed by atoms with Gasteiger partial charge in [0.25, 0.3) is 11.8 Å². The molecule has 0 radical (unpaired) electrons. The van der Waals surface area contributed by atoms with E-state index < -0.39 is 0 Å². The number of carbonyl (C=O) groups is 2. The average Bonchev–Trinajstić information content (AvgIpc) is 3.24. The molecule has 1 aromatic heterocycles. The Morgan fingerprint density at radius 2 is 1.61 bits per heavy atom. The Bertz CT molecular complexity index is 988. The van der Waals surface area contributed by atoms with Crippen LogP contribution in [0.4, 0.5) is 11.4 Å². The summed E-state index contributed by atoms with van der Waals surface area (Å²) in [5, 5.41) is 7.69. The summed E-state index contributed by atoms with van der Waals surface area (Å²) in [6.07, 6.45) is 0. The van der Waals surface area contributed by atoms with Crippen LogP contribution in [0.3, 0.4) is 0 Å². The van der Waals surface area contributed by atoms with E-state index in [-0.39, 0.29) is 11.8 Å². The molecule has 0 saturated heterocycles. The third-order valence-electron chi connectivity index (χ3n) is 3.87. The van der Waals surface area contributed by atoms with Gasteiger partial charge in [-0.2, -0.15) is 0 Å². The van der Waals surface area contributed by atoms with E-state index in [0.29, 0.717) is 38.3 Å². The standard InChI is InChI=1S/C20H17ClN2O4S/c1-26-16-10-14(21)15(11-17(16)27-2)23-19(24)12-5-7-13(8-6-12)22-20(25)18-4-3-9-28-18/h3-11H,1-2H3,(H,22,25)(H,23,24). The minimum absolute atomic E-state index is 0.190. The van der Waals surface area contributed by atoms with Gasteiger partial charge in [0.15, 0.2) is 11.5 Å². The second kappa shape index (κ2) is 8.77. The predicted octanol–water partition coefficient (Wildman–Crippen LogP) is 4.92. The SMILES string of the molecule is COc1cc(Cl)c(NC(=O)c2ccc(NC(=O)c3cccs3)cc2)cc1OC. The first-order valence-corrected chi connectivity index (χ1v) is 9.45. The maximum Gasteiger partial charge on any atom is 0.265 e. The van der Waals surface area contributed by atoms with E-state index in [4.69, 9.17) is 21.1 Å². The molecule has 0 aliphatic heterocycles. The Kier molecular flexibility index (Phi) is 6.18. The molecule has 1 heterocycles. The number of hydrogen-bond donors (Lipinski definition) is 2. The second-order valence-electron chi connectivity index (χ2n) is 5.65. The lowest BCUT2D eigenvalue weighted by Crippen LogP contribution is -2.13. The van der Waals surface area contributed by atoms with Gasteiger partial charge in [-0.1, -0.05) is 17.7 Å². The Labute approximate surface area is 171 Å². The maximum atomic E-state index is 12.5. The van der Waals surface area contributed by atoms with Gasteiger partial charge < -0.3 is 20.1 Å². The van der Waals surface area contributed by atoms with E-state index >= 15 is 0 Å². The molecular weight excluding hydrogens is 400 g/mol. The molecule has 144 valence electrons. The Balaban J connectivity index is 1.70. The number of rotatable bonds is 6. The number of anilines is 2. The molecule has 2 N–H and O–H groups in total. The summed E-state index contributed by atoms with van der Waals surface area (Å²) in [7, 11) is 3.01. The van der Waals surface area contributed by atoms with Gasteiger partial charge in [-0.3, -0.25) is 9.59 Å². The van der Waals surface area contributed by atoms with Crippen molar-refractivity contribution in [3.05, 3.63) is 69.4 Å². The first kappa shape index (κ1) is 19.7. The van der Waals surface area contributed by atoms with Crippen molar-refractivity contribution in [1.82, 2.24) is 0 Å². The van der Waals surface area contributed by atoms with Gasteiger partial charge in [0.05, 0.1) is 29.8 Å². The third kappa shape index (κ3) is 4.44. The molecule has 0 aliphatic carbocycles. The Morgan fingerprint density at radius 1 is 0.929 bits per heavy atom. The number of hydrogen-bond acceptors (Lipinski definition) is 5. The van der Waals surface area contributed by atoms with Crippen molar-refractivity contribution in [1.29, 1.82) is 0 Å². The zero-order valence-corrected chi connectivity index (χ0v) is 16.7. The lowest BCUT2D eigenvalue weighted by atomic mass is 10.2. The minimum atomic E-state index is -0.342. The summed E-state index contributed by atoms with van der Waals surface area (Å²) in [4.78, 5) is 25.2. The molecule has 3 rings (SSSR count). The van der Waals surface area contributed by atoms with Crippen LogP contribution < -0.4 is 20.1 Å². The summed E-state index contributed by atoms with van der Waals surface area (Å²) in [6, 6.07) is 13.3. The van der Waals surface area contributed by atoms with Crippen LogP contribution in [0.15, 0.2) is 53.9 Å². The van der Waals surface area contributed by atoms with Crippen molar-refractivity contribution in [3.63, 3.8) is 0 Å². The molecule has 2 amide bonds. The van der Waals surface area contributed by atoms with Gasteiger partial charge in [-0.05, 0) is 35.7 Å². The molecule has 0 spiro atoms. The van der Waals surface area contributed by atoms with Crippen LogP contribution in [0.25, 0.3) is 0 Å². The lowest BCUT2D eigenvalue weighted by Gasteiger charge is -2.13. The smallest absolute Gasteiger partial charge is 0.265 e. The molecule has 0 saturated carbocycles. The quantitative estimate of drug-likeness (QED) is 0.597. The average molecular weight is 417 g/mol. The molecule has 3 aromatic rings. The number of ether oxygens (including phenoxy) is 2. The fraction of sp³-hybridized carbons (Fsp3) is 0.100. The maximum absolute atomic E-state index is 12.5. The number of halogens is 1. The summed E-state index contributed by atoms with van der Waals surface area (Å²) >= 11 is 7.56. The van der Waals surface area contributed by atoms with Crippen molar-refractivity contribution >= 4 is 46.1 Å². The van der Waals surface area contributed by atoms with Gasteiger partial charge in [0, 0.05) is 23.4 Å².